The number of nitrogens with zero attached hydrogens (tertiary/aromatic N) is 1. The summed E-state index contributed by atoms with van der Waals surface area (Å²) in [6, 6.07) is 4.33. The number of carboxylic acids is 1. The highest BCUT2D eigenvalue weighted by molar-refractivity contribution is 6.06. The lowest BCUT2D eigenvalue weighted by Gasteiger charge is -2.26. The van der Waals surface area contributed by atoms with Gasteiger partial charge in [0.25, 0.3) is 0 Å². The third-order valence-electron chi connectivity index (χ3n) is 4.48. The summed E-state index contributed by atoms with van der Waals surface area (Å²) in [5, 5.41) is 9.16. The molecule has 2 aliphatic rings. The van der Waals surface area contributed by atoms with Gasteiger partial charge >= 0.3 is 5.97 Å². The van der Waals surface area contributed by atoms with Crippen molar-refractivity contribution >= 4 is 17.8 Å². The first-order chi connectivity index (χ1) is 11.0. The summed E-state index contributed by atoms with van der Waals surface area (Å²) in [7, 11) is 0. The molecule has 6 heteroatoms. The summed E-state index contributed by atoms with van der Waals surface area (Å²) in [5.41, 5.74) is 0.446. The molecule has 5 nitrogen and oxygen atoms in total. The highest BCUT2D eigenvalue weighted by Gasteiger charge is 2.50. The molecule has 1 heterocycles. The number of aliphatic carboxylic acids is 1. The van der Waals surface area contributed by atoms with Crippen LogP contribution in [-0.4, -0.2) is 27.8 Å². The zero-order chi connectivity index (χ0) is 16.6. The molecule has 2 amide bonds. The number of likely N-dealkylation sites (tertiary alicyclic amines) is 1. The van der Waals surface area contributed by atoms with Crippen LogP contribution in [0.4, 0.5) is 4.39 Å². The van der Waals surface area contributed by atoms with Gasteiger partial charge in [0, 0.05) is 0 Å². The molecule has 0 aromatic heterocycles. The number of hydrogen-bond donors (Lipinski definition) is 1. The molecule has 1 fully saturated rings. The molecular weight excluding hydrogens is 301 g/mol. The Morgan fingerprint density at radius 1 is 1.13 bits per heavy atom. The van der Waals surface area contributed by atoms with E-state index in [4.69, 9.17) is 5.11 Å². The zero-order valence-electron chi connectivity index (χ0n) is 12.3. The normalized spacial score (nSPS) is 24.7. The second-order valence-corrected chi connectivity index (χ2v) is 5.87. The van der Waals surface area contributed by atoms with Crippen LogP contribution in [0.1, 0.15) is 30.9 Å². The van der Waals surface area contributed by atoms with Crippen molar-refractivity contribution in [3.05, 3.63) is 47.8 Å². The summed E-state index contributed by atoms with van der Waals surface area (Å²) in [4.78, 5) is 37.5. The van der Waals surface area contributed by atoms with Gasteiger partial charge < -0.3 is 5.11 Å². The Morgan fingerprint density at radius 2 is 1.65 bits per heavy atom. The van der Waals surface area contributed by atoms with Gasteiger partial charge in [0.05, 0.1) is 24.3 Å². The quantitative estimate of drug-likeness (QED) is 0.683. The third kappa shape index (κ3) is 2.76. The molecule has 1 saturated heterocycles. The number of fused-ring (bicyclic) bond motifs is 1. The van der Waals surface area contributed by atoms with Gasteiger partial charge in [-0.15, -0.1) is 0 Å². The molecule has 23 heavy (non-hydrogen) atoms. The van der Waals surface area contributed by atoms with Crippen molar-refractivity contribution in [3.63, 3.8) is 0 Å². The predicted octanol–water partition coefficient (Wildman–Crippen LogP) is 2.29. The minimum absolute atomic E-state index is 0.333. The molecule has 0 unspecified atom stereocenters. The van der Waals surface area contributed by atoms with E-state index in [2.05, 4.69) is 0 Å². The van der Waals surface area contributed by atoms with E-state index in [1.165, 1.54) is 24.3 Å². The summed E-state index contributed by atoms with van der Waals surface area (Å²) >= 11 is 0. The Labute approximate surface area is 132 Å². The number of imide groups is 1. The van der Waals surface area contributed by atoms with Gasteiger partial charge in [0.1, 0.15) is 5.82 Å². The highest BCUT2D eigenvalue weighted by Crippen LogP contribution is 2.40. The zero-order valence-corrected chi connectivity index (χ0v) is 12.3. The first kappa shape index (κ1) is 15.4. The Bertz CT molecular complexity index is 656. The number of hydrogen-bond acceptors (Lipinski definition) is 3. The average molecular weight is 317 g/mol. The van der Waals surface area contributed by atoms with Crippen molar-refractivity contribution in [2.75, 3.05) is 0 Å². The number of amides is 2. The highest BCUT2D eigenvalue weighted by atomic mass is 19.1. The fourth-order valence-electron chi connectivity index (χ4n) is 3.34. The monoisotopic (exact) mass is 317 g/mol. The van der Waals surface area contributed by atoms with Gasteiger partial charge in [-0.25, -0.2) is 4.39 Å². The van der Waals surface area contributed by atoms with Gasteiger partial charge in [0.15, 0.2) is 0 Å². The number of carbonyl (C=O) groups is 3. The SMILES string of the molecule is O=C(O)C[C@H](c1ccc(F)cc1)N1C(=O)[C@@H]2CC=CC[C@H]2C1=O. The topological polar surface area (TPSA) is 74.7 Å². The first-order valence-electron chi connectivity index (χ1n) is 7.48. The van der Waals surface area contributed by atoms with Crippen LogP contribution < -0.4 is 0 Å². The molecule has 120 valence electrons. The van der Waals surface area contributed by atoms with Crippen LogP contribution in [-0.2, 0) is 14.4 Å². The number of halogens is 1. The summed E-state index contributed by atoms with van der Waals surface area (Å²) in [6.45, 7) is 0. The molecule has 0 spiro atoms. The lowest BCUT2D eigenvalue weighted by molar-refractivity contribution is -0.145. The fourth-order valence-corrected chi connectivity index (χ4v) is 3.34. The minimum Gasteiger partial charge on any atom is -0.481 e. The standard InChI is InChI=1S/C17H16FNO4/c18-11-7-5-10(6-8-11)14(9-15(20)21)19-16(22)12-3-1-2-4-13(12)17(19)23/h1-2,5-8,12-14H,3-4,9H2,(H,20,21)/t12-,13-,14-/m1/s1. The second kappa shape index (κ2) is 5.95. The van der Waals surface area contributed by atoms with E-state index in [-0.39, 0.29) is 11.8 Å². The van der Waals surface area contributed by atoms with Crippen molar-refractivity contribution in [1.29, 1.82) is 0 Å². The average Bonchev–Trinajstić information content (AvgIpc) is 2.78. The van der Waals surface area contributed by atoms with Gasteiger partial charge in [-0.2, -0.15) is 0 Å². The molecule has 0 saturated carbocycles. The molecule has 1 aliphatic heterocycles. The van der Waals surface area contributed by atoms with E-state index < -0.39 is 36.1 Å². The molecular formula is C17H16FNO4. The van der Waals surface area contributed by atoms with Crippen molar-refractivity contribution in [3.8, 4) is 0 Å². The van der Waals surface area contributed by atoms with Crippen LogP contribution >= 0.6 is 0 Å². The lowest BCUT2D eigenvalue weighted by Crippen LogP contribution is -2.36. The van der Waals surface area contributed by atoms with Crippen molar-refractivity contribution < 1.29 is 23.9 Å². The number of carbonyl (C=O) groups excluding carboxylic acids is 2. The van der Waals surface area contributed by atoms with Crippen LogP contribution in [0.3, 0.4) is 0 Å². The Balaban J connectivity index is 1.96. The van der Waals surface area contributed by atoms with Crippen LogP contribution in [0.2, 0.25) is 0 Å². The summed E-state index contributed by atoms with van der Waals surface area (Å²) in [5.74, 6) is -3.07. The maximum atomic E-state index is 13.1. The Hall–Kier alpha value is -2.50. The third-order valence-corrected chi connectivity index (χ3v) is 4.48. The number of allylic oxidation sites excluding steroid dienone is 2. The minimum atomic E-state index is -1.12. The lowest BCUT2D eigenvalue weighted by atomic mass is 9.85. The summed E-state index contributed by atoms with van der Waals surface area (Å²) < 4.78 is 13.1. The number of benzene rings is 1. The van der Waals surface area contributed by atoms with Crippen LogP contribution in [0.5, 0.6) is 0 Å². The van der Waals surface area contributed by atoms with E-state index in [9.17, 15) is 18.8 Å². The van der Waals surface area contributed by atoms with Crippen molar-refractivity contribution in [2.24, 2.45) is 11.8 Å². The van der Waals surface area contributed by atoms with Crippen LogP contribution in [0, 0.1) is 17.7 Å². The molecule has 0 bridgehead atoms. The van der Waals surface area contributed by atoms with Crippen LogP contribution in [0.15, 0.2) is 36.4 Å². The van der Waals surface area contributed by atoms with Gasteiger partial charge in [-0.1, -0.05) is 24.3 Å². The van der Waals surface area contributed by atoms with Crippen molar-refractivity contribution in [2.45, 2.75) is 25.3 Å². The van der Waals surface area contributed by atoms with E-state index in [1.54, 1.807) is 0 Å². The summed E-state index contributed by atoms with van der Waals surface area (Å²) in [6.07, 6.45) is 4.35. The molecule has 1 aromatic carbocycles. The molecule has 1 aromatic rings. The fraction of sp³-hybridized carbons (Fsp3) is 0.353. The largest absolute Gasteiger partial charge is 0.481 e. The van der Waals surface area contributed by atoms with Gasteiger partial charge in [0.2, 0.25) is 11.8 Å². The maximum absolute atomic E-state index is 13.1. The van der Waals surface area contributed by atoms with E-state index in [0.29, 0.717) is 18.4 Å². The molecule has 3 atom stereocenters. The maximum Gasteiger partial charge on any atom is 0.305 e. The van der Waals surface area contributed by atoms with Crippen molar-refractivity contribution in [1.82, 2.24) is 4.90 Å². The van der Waals surface area contributed by atoms with Gasteiger partial charge in [-0.3, -0.25) is 19.3 Å². The molecule has 0 radical (unpaired) electrons. The first-order valence-corrected chi connectivity index (χ1v) is 7.48. The molecule has 1 aliphatic carbocycles. The smallest absolute Gasteiger partial charge is 0.305 e. The Kier molecular flexibility index (Phi) is 3.98. The molecule has 3 rings (SSSR count). The number of rotatable bonds is 4. The van der Waals surface area contributed by atoms with Gasteiger partial charge in [-0.05, 0) is 30.5 Å². The Morgan fingerprint density at radius 3 is 2.13 bits per heavy atom. The van der Waals surface area contributed by atoms with Crippen LogP contribution in [0.25, 0.3) is 0 Å². The molecule has 1 N–H and O–H groups in total. The van der Waals surface area contributed by atoms with E-state index in [0.717, 1.165) is 4.90 Å². The van der Waals surface area contributed by atoms with E-state index in [1.807, 2.05) is 12.2 Å². The van der Waals surface area contributed by atoms with E-state index >= 15 is 0 Å². The second-order valence-electron chi connectivity index (χ2n) is 5.87. The number of carboxylic acid groups (broad SMARTS) is 1. The predicted molar refractivity (Wildman–Crippen MR) is 78.6 cm³/mol.